The van der Waals surface area contributed by atoms with Gasteiger partial charge in [-0.15, -0.1) is 0 Å². The number of alkyl halides is 1. The van der Waals surface area contributed by atoms with Crippen LogP contribution in [0.15, 0.2) is 42.5 Å². The maximum Gasteiger partial charge on any atom is 0.319 e. The molecular formula is C34H33ClF4N6O. The summed E-state index contributed by atoms with van der Waals surface area (Å²) in [5.74, 6) is -1.70. The van der Waals surface area contributed by atoms with Crippen LogP contribution in [0.2, 0.25) is 5.02 Å². The lowest BCUT2D eigenvalue weighted by Gasteiger charge is -2.34. The molecule has 240 valence electrons. The van der Waals surface area contributed by atoms with E-state index >= 15 is 8.78 Å². The van der Waals surface area contributed by atoms with E-state index in [1.165, 1.54) is 18.2 Å². The van der Waals surface area contributed by atoms with Crippen molar-refractivity contribution in [2.24, 2.45) is 0 Å². The Labute approximate surface area is 268 Å². The topological polar surface area (TPSA) is 79.5 Å². The monoisotopic (exact) mass is 652 g/mol. The fraction of sp³-hybridized carbons (Fsp3) is 0.412. The predicted molar refractivity (Wildman–Crippen MR) is 170 cm³/mol. The van der Waals surface area contributed by atoms with Crippen LogP contribution in [-0.4, -0.2) is 71.4 Å². The van der Waals surface area contributed by atoms with Crippen LogP contribution in [0.25, 0.3) is 33.2 Å². The second-order valence-corrected chi connectivity index (χ2v) is 13.5. The van der Waals surface area contributed by atoms with Crippen LogP contribution in [0.3, 0.4) is 0 Å². The summed E-state index contributed by atoms with van der Waals surface area (Å²) in [6.45, 7) is 2.80. The number of rotatable bonds is 6. The number of ether oxygens (including phenoxy) is 1. The van der Waals surface area contributed by atoms with E-state index in [4.69, 9.17) is 27.1 Å². The van der Waals surface area contributed by atoms with Gasteiger partial charge >= 0.3 is 6.01 Å². The van der Waals surface area contributed by atoms with Crippen molar-refractivity contribution in [1.29, 1.82) is 0 Å². The Morgan fingerprint density at radius 1 is 0.978 bits per heavy atom. The molecule has 5 heterocycles. The standard InChI is InChI=1S/C34H33ClF4N6O/c35-27-12-20(40)11-26(29(27)24-5-2-18(36)10-28(24)38)23-6-7-25-31(30(23)39)42-33(43-32(25)44-15-21-3-4-22(16-44)41-21)46-17-34-8-1-9-45(34)14-19(37)13-34/h2,5-7,10-12,19,21-22,41H,1,3-4,8-9,13-17,40H2/t19-,21-,22+,34+/m1/s1. The van der Waals surface area contributed by atoms with E-state index in [1.54, 1.807) is 12.1 Å². The minimum Gasteiger partial charge on any atom is -0.461 e. The molecule has 8 rings (SSSR count). The smallest absolute Gasteiger partial charge is 0.319 e. The van der Waals surface area contributed by atoms with E-state index in [0.29, 0.717) is 49.3 Å². The number of nitrogens with zero attached hydrogens (tertiary/aromatic N) is 4. The number of halogens is 5. The number of hydrogen-bond donors (Lipinski definition) is 2. The quantitative estimate of drug-likeness (QED) is 0.182. The summed E-state index contributed by atoms with van der Waals surface area (Å²) < 4.78 is 66.5. The van der Waals surface area contributed by atoms with Gasteiger partial charge < -0.3 is 20.7 Å². The molecule has 4 aromatic rings. The van der Waals surface area contributed by atoms with Gasteiger partial charge in [0.15, 0.2) is 5.82 Å². The first-order chi connectivity index (χ1) is 22.2. The Balaban J connectivity index is 1.26. The molecule has 4 atom stereocenters. The third kappa shape index (κ3) is 5.03. The summed E-state index contributed by atoms with van der Waals surface area (Å²) in [4.78, 5) is 13.7. The zero-order valence-corrected chi connectivity index (χ0v) is 25.8. The highest BCUT2D eigenvalue weighted by atomic mass is 35.5. The molecule has 7 nitrogen and oxygen atoms in total. The molecule has 2 bridgehead atoms. The van der Waals surface area contributed by atoms with E-state index in [9.17, 15) is 8.78 Å². The number of hydrogen-bond acceptors (Lipinski definition) is 7. The van der Waals surface area contributed by atoms with Gasteiger partial charge in [-0.1, -0.05) is 17.7 Å². The van der Waals surface area contributed by atoms with Crippen LogP contribution < -0.4 is 20.7 Å². The summed E-state index contributed by atoms with van der Waals surface area (Å²) in [6, 6.07) is 10.1. The van der Waals surface area contributed by atoms with Crippen molar-refractivity contribution in [3.05, 3.63) is 64.9 Å². The Hall–Kier alpha value is -3.67. The van der Waals surface area contributed by atoms with Crippen molar-refractivity contribution >= 4 is 34.0 Å². The summed E-state index contributed by atoms with van der Waals surface area (Å²) in [5.41, 5.74) is 6.51. The van der Waals surface area contributed by atoms with Gasteiger partial charge in [0.2, 0.25) is 0 Å². The molecule has 0 saturated carbocycles. The van der Waals surface area contributed by atoms with Crippen LogP contribution in [0.5, 0.6) is 6.01 Å². The van der Waals surface area contributed by atoms with E-state index in [-0.39, 0.29) is 51.1 Å². The first-order valence-electron chi connectivity index (χ1n) is 15.8. The average molecular weight is 653 g/mol. The third-order valence-electron chi connectivity index (χ3n) is 10.1. The highest BCUT2D eigenvalue weighted by Gasteiger charge is 2.49. The number of aromatic nitrogens is 2. The molecule has 46 heavy (non-hydrogen) atoms. The maximum absolute atomic E-state index is 16.9. The van der Waals surface area contributed by atoms with E-state index < -0.39 is 29.2 Å². The number of anilines is 2. The molecule has 0 aliphatic carbocycles. The van der Waals surface area contributed by atoms with Crippen molar-refractivity contribution in [2.75, 3.05) is 43.4 Å². The van der Waals surface area contributed by atoms with Gasteiger partial charge in [-0.3, -0.25) is 4.90 Å². The number of benzene rings is 3. The molecule has 0 spiro atoms. The van der Waals surface area contributed by atoms with Gasteiger partial charge in [-0.05, 0) is 68.1 Å². The van der Waals surface area contributed by atoms with Crippen LogP contribution in [0, 0.1) is 17.5 Å². The van der Waals surface area contributed by atoms with Crippen molar-refractivity contribution in [3.8, 4) is 28.3 Å². The summed E-state index contributed by atoms with van der Waals surface area (Å²) >= 11 is 6.59. The highest BCUT2D eigenvalue weighted by Crippen LogP contribution is 2.44. The fourth-order valence-electron chi connectivity index (χ4n) is 8.06. The van der Waals surface area contributed by atoms with Crippen LogP contribution in [0.1, 0.15) is 32.1 Å². The lowest BCUT2D eigenvalue weighted by Crippen LogP contribution is -2.51. The van der Waals surface area contributed by atoms with Crippen molar-refractivity contribution in [2.45, 2.75) is 55.9 Å². The molecule has 12 heteroatoms. The lowest BCUT2D eigenvalue weighted by molar-refractivity contribution is 0.107. The number of piperazine rings is 1. The van der Waals surface area contributed by atoms with Gasteiger partial charge in [-0.2, -0.15) is 9.97 Å². The zero-order valence-electron chi connectivity index (χ0n) is 25.0. The average Bonchev–Trinajstić information content (AvgIpc) is 3.66. The number of nitrogen functional groups attached to an aromatic ring is 1. The van der Waals surface area contributed by atoms with Gasteiger partial charge in [-0.25, -0.2) is 17.6 Å². The minimum absolute atomic E-state index is 0.00712. The molecular weight excluding hydrogens is 620 g/mol. The second kappa shape index (κ2) is 11.2. The third-order valence-corrected chi connectivity index (χ3v) is 10.4. The molecule has 0 radical (unpaired) electrons. The maximum atomic E-state index is 16.9. The Bertz CT molecular complexity index is 1850. The molecule has 1 aromatic heterocycles. The van der Waals surface area contributed by atoms with Crippen molar-refractivity contribution in [1.82, 2.24) is 20.2 Å². The van der Waals surface area contributed by atoms with E-state index in [2.05, 4.69) is 20.1 Å². The van der Waals surface area contributed by atoms with Gasteiger partial charge in [0, 0.05) is 72.0 Å². The number of nitrogens with one attached hydrogen (secondary N) is 1. The number of fused-ring (bicyclic) bond motifs is 4. The molecule has 4 fully saturated rings. The van der Waals surface area contributed by atoms with Crippen LogP contribution in [-0.2, 0) is 0 Å². The minimum atomic E-state index is -0.918. The lowest BCUT2D eigenvalue weighted by atomic mass is 9.92. The van der Waals surface area contributed by atoms with Gasteiger partial charge in [0.1, 0.15) is 35.7 Å². The van der Waals surface area contributed by atoms with Gasteiger partial charge in [0.05, 0.1) is 10.6 Å². The predicted octanol–water partition coefficient (Wildman–Crippen LogP) is 6.51. The van der Waals surface area contributed by atoms with Crippen molar-refractivity contribution in [3.63, 3.8) is 0 Å². The molecule has 4 saturated heterocycles. The second-order valence-electron chi connectivity index (χ2n) is 13.1. The largest absolute Gasteiger partial charge is 0.461 e. The van der Waals surface area contributed by atoms with Crippen LogP contribution in [0.4, 0.5) is 29.1 Å². The van der Waals surface area contributed by atoms with Gasteiger partial charge in [0.25, 0.3) is 0 Å². The van der Waals surface area contributed by atoms with E-state index in [1.807, 2.05) is 0 Å². The summed E-state index contributed by atoms with van der Waals surface area (Å²) in [6.07, 6.45) is 3.33. The Kier molecular flexibility index (Phi) is 7.26. The normalized spacial score (nSPS) is 25.8. The molecule has 3 aromatic carbocycles. The SMILES string of the molecule is Nc1cc(Cl)c(-c2ccc(F)cc2F)c(-c2ccc3c(N4C[C@H]5CC[C@@H](C4)N5)nc(OC[C@@]45CCCN4C[C@H](F)C5)nc3c2F)c1. The van der Waals surface area contributed by atoms with Crippen LogP contribution >= 0.6 is 11.6 Å². The summed E-state index contributed by atoms with van der Waals surface area (Å²) in [7, 11) is 0. The highest BCUT2D eigenvalue weighted by molar-refractivity contribution is 6.34. The zero-order chi connectivity index (χ0) is 31.7. The first-order valence-corrected chi connectivity index (χ1v) is 16.1. The molecule has 0 unspecified atom stereocenters. The summed E-state index contributed by atoms with van der Waals surface area (Å²) in [5, 5.41) is 4.21. The fourth-order valence-corrected chi connectivity index (χ4v) is 8.39. The molecule has 0 amide bonds. The molecule has 3 N–H and O–H groups in total. The number of nitrogens with two attached hydrogens (primary N) is 1. The molecule has 4 aliphatic rings. The first kappa shape index (κ1) is 29.7. The Morgan fingerprint density at radius 2 is 1.76 bits per heavy atom. The van der Waals surface area contributed by atoms with Crippen molar-refractivity contribution < 1.29 is 22.3 Å². The molecule has 4 aliphatic heterocycles. The van der Waals surface area contributed by atoms with E-state index in [0.717, 1.165) is 44.4 Å². The Morgan fingerprint density at radius 3 is 2.54 bits per heavy atom.